The van der Waals surface area contributed by atoms with E-state index >= 15 is 0 Å². The predicted octanol–water partition coefficient (Wildman–Crippen LogP) is 3.46. The van der Waals surface area contributed by atoms with Crippen LogP contribution >= 0.6 is 0 Å². The van der Waals surface area contributed by atoms with E-state index in [1.54, 1.807) is 7.11 Å². The summed E-state index contributed by atoms with van der Waals surface area (Å²) in [4.78, 5) is 4.54. The molecule has 106 valence electrons. The number of aryl methyl sites for hydroxylation is 1. The van der Waals surface area contributed by atoms with Crippen molar-refractivity contribution in [2.45, 2.75) is 52.5 Å². The van der Waals surface area contributed by atoms with Crippen LogP contribution in [0.3, 0.4) is 0 Å². The number of ether oxygens (including phenoxy) is 1. The Kier molecular flexibility index (Phi) is 4.81. The molecule has 1 aliphatic rings. The van der Waals surface area contributed by atoms with Crippen LogP contribution in [0.1, 0.15) is 50.4 Å². The van der Waals surface area contributed by atoms with E-state index < -0.39 is 0 Å². The summed E-state index contributed by atoms with van der Waals surface area (Å²) in [6.07, 6.45) is 6.88. The van der Waals surface area contributed by atoms with Crippen molar-refractivity contribution in [3.8, 4) is 5.75 Å². The summed E-state index contributed by atoms with van der Waals surface area (Å²) in [5.41, 5.74) is 2.56. The van der Waals surface area contributed by atoms with Crippen molar-refractivity contribution in [2.24, 2.45) is 5.41 Å². The van der Waals surface area contributed by atoms with Gasteiger partial charge in [0, 0.05) is 30.9 Å². The fraction of sp³-hybridized carbons (Fsp3) is 0.688. The maximum atomic E-state index is 5.28. The number of nitrogens with one attached hydrogen (secondary N) is 1. The molecule has 0 amide bonds. The standard InChI is InChI=1S/C16H26N2O/c1-13-9-15(19-3)10-14(18-13)11-17-12-16(2)7-5-4-6-8-16/h9-10,17H,4-8,11-12H2,1-3H3. The summed E-state index contributed by atoms with van der Waals surface area (Å²) in [6.45, 7) is 6.33. The Morgan fingerprint density at radius 1 is 1.26 bits per heavy atom. The molecule has 3 nitrogen and oxygen atoms in total. The van der Waals surface area contributed by atoms with Gasteiger partial charge in [-0.1, -0.05) is 26.2 Å². The molecule has 1 aromatic heterocycles. The Balaban J connectivity index is 1.86. The molecule has 0 bridgehead atoms. The molecule has 0 unspecified atom stereocenters. The molecule has 1 N–H and O–H groups in total. The van der Waals surface area contributed by atoms with E-state index in [4.69, 9.17) is 4.74 Å². The smallest absolute Gasteiger partial charge is 0.122 e. The first-order chi connectivity index (χ1) is 9.11. The average Bonchev–Trinajstić information content (AvgIpc) is 2.38. The van der Waals surface area contributed by atoms with Gasteiger partial charge in [-0.25, -0.2) is 0 Å². The highest BCUT2D eigenvalue weighted by atomic mass is 16.5. The number of hydrogen-bond acceptors (Lipinski definition) is 3. The minimum Gasteiger partial charge on any atom is -0.497 e. The average molecular weight is 262 g/mol. The lowest BCUT2D eigenvalue weighted by atomic mass is 9.76. The van der Waals surface area contributed by atoms with Crippen molar-refractivity contribution >= 4 is 0 Å². The molecule has 0 aliphatic heterocycles. The van der Waals surface area contributed by atoms with E-state index in [2.05, 4.69) is 17.2 Å². The minimum absolute atomic E-state index is 0.478. The maximum Gasteiger partial charge on any atom is 0.122 e. The number of hydrogen-bond donors (Lipinski definition) is 1. The summed E-state index contributed by atoms with van der Waals surface area (Å²) >= 11 is 0. The highest BCUT2D eigenvalue weighted by Crippen LogP contribution is 2.34. The highest BCUT2D eigenvalue weighted by molar-refractivity contribution is 5.26. The molecule has 0 atom stereocenters. The van der Waals surface area contributed by atoms with Gasteiger partial charge in [0.15, 0.2) is 0 Å². The summed E-state index contributed by atoms with van der Waals surface area (Å²) in [5.74, 6) is 0.896. The third-order valence-electron chi connectivity index (χ3n) is 4.13. The van der Waals surface area contributed by atoms with E-state index in [0.717, 1.165) is 30.2 Å². The molecule has 0 saturated heterocycles. The van der Waals surface area contributed by atoms with Crippen LogP contribution in [0.15, 0.2) is 12.1 Å². The van der Waals surface area contributed by atoms with Crippen LogP contribution in [0.25, 0.3) is 0 Å². The predicted molar refractivity (Wildman–Crippen MR) is 78.4 cm³/mol. The van der Waals surface area contributed by atoms with Gasteiger partial charge >= 0.3 is 0 Å². The summed E-state index contributed by atoms with van der Waals surface area (Å²) in [7, 11) is 1.70. The molecule has 0 aromatic carbocycles. The fourth-order valence-corrected chi connectivity index (χ4v) is 2.99. The zero-order chi connectivity index (χ0) is 13.7. The summed E-state index contributed by atoms with van der Waals surface area (Å²) in [6, 6.07) is 3.98. The van der Waals surface area contributed by atoms with Gasteiger partial charge in [0.2, 0.25) is 0 Å². The molecule has 0 radical (unpaired) electrons. The molecule has 1 saturated carbocycles. The zero-order valence-corrected chi connectivity index (χ0v) is 12.5. The van der Waals surface area contributed by atoms with Gasteiger partial charge in [0.1, 0.15) is 5.75 Å². The van der Waals surface area contributed by atoms with Crippen molar-refractivity contribution in [1.29, 1.82) is 0 Å². The Morgan fingerprint density at radius 3 is 2.68 bits per heavy atom. The zero-order valence-electron chi connectivity index (χ0n) is 12.5. The van der Waals surface area contributed by atoms with Gasteiger partial charge in [0.05, 0.1) is 12.8 Å². The lowest BCUT2D eigenvalue weighted by Crippen LogP contribution is -2.33. The molecule has 1 fully saturated rings. The number of pyridine rings is 1. The van der Waals surface area contributed by atoms with Crippen LogP contribution in [0.5, 0.6) is 5.75 Å². The molecule has 19 heavy (non-hydrogen) atoms. The van der Waals surface area contributed by atoms with Crippen LogP contribution in [0.2, 0.25) is 0 Å². The Bertz CT molecular complexity index is 411. The van der Waals surface area contributed by atoms with Crippen LogP contribution in [0.4, 0.5) is 0 Å². The lowest BCUT2D eigenvalue weighted by Gasteiger charge is -2.33. The second-order valence-electron chi connectivity index (χ2n) is 6.11. The third kappa shape index (κ3) is 4.20. The first kappa shape index (κ1) is 14.3. The number of methoxy groups -OCH3 is 1. The van der Waals surface area contributed by atoms with Crippen molar-refractivity contribution in [3.63, 3.8) is 0 Å². The summed E-state index contributed by atoms with van der Waals surface area (Å²) in [5, 5.41) is 3.57. The van der Waals surface area contributed by atoms with Gasteiger partial charge in [-0.3, -0.25) is 4.98 Å². The monoisotopic (exact) mass is 262 g/mol. The van der Waals surface area contributed by atoms with E-state index in [-0.39, 0.29) is 0 Å². The van der Waals surface area contributed by atoms with Crippen molar-refractivity contribution in [3.05, 3.63) is 23.5 Å². The van der Waals surface area contributed by atoms with Crippen molar-refractivity contribution in [2.75, 3.05) is 13.7 Å². The molecule has 3 heteroatoms. The summed E-state index contributed by atoms with van der Waals surface area (Å²) < 4.78 is 5.28. The number of nitrogens with zero attached hydrogens (tertiary/aromatic N) is 1. The SMILES string of the molecule is COc1cc(C)nc(CNCC2(C)CCCCC2)c1. The highest BCUT2D eigenvalue weighted by Gasteiger charge is 2.25. The van der Waals surface area contributed by atoms with Gasteiger partial charge in [0.25, 0.3) is 0 Å². The molecule has 1 heterocycles. The largest absolute Gasteiger partial charge is 0.497 e. The first-order valence-electron chi connectivity index (χ1n) is 7.34. The van der Waals surface area contributed by atoms with Gasteiger partial charge in [-0.05, 0) is 25.2 Å². The van der Waals surface area contributed by atoms with Gasteiger partial charge < -0.3 is 10.1 Å². The number of aromatic nitrogens is 1. The normalized spacial score (nSPS) is 18.3. The molecule has 1 aliphatic carbocycles. The molecule has 2 rings (SSSR count). The maximum absolute atomic E-state index is 5.28. The topological polar surface area (TPSA) is 34.1 Å². The fourth-order valence-electron chi connectivity index (χ4n) is 2.99. The van der Waals surface area contributed by atoms with E-state index in [0.29, 0.717) is 5.41 Å². The minimum atomic E-state index is 0.478. The van der Waals surface area contributed by atoms with Crippen molar-refractivity contribution < 1.29 is 4.74 Å². The molecular weight excluding hydrogens is 236 g/mol. The first-order valence-corrected chi connectivity index (χ1v) is 7.34. The molecular formula is C16H26N2O. The second kappa shape index (κ2) is 6.38. The van der Waals surface area contributed by atoms with Gasteiger partial charge in [-0.2, -0.15) is 0 Å². The van der Waals surface area contributed by atoms with Crippen LogP contribution in [-0.2, 0) is 6.54 Å². The molecule has 0 spiro atoms. The Hall–Kier alpha value is -1.09. The molecule has 1 aromatic rings. The van der Waals surface area contributed by atoms with E-state index in [1.165, 1.54) is 32.1 Å². The second-order valence-corrected chi connectivity index (χ2v) is 6.11. The van der Waals surface area contributed by atoms with Gasteiger partial charge in [-0.15, -0.1) is 0 Å². The van der Waals surface area contributed by atoms with E-state index in [1.807, 2.05) is 19.1 Å². The third-order valence-corrected chi connectivity index (χ3v) is 4.13. The van der Waals surface area contributed by atoms with Crippen LogP contribution < -0.4 is 10.1 Å². The van der Waals surface area contributed by atoms with E-state index in [9.17, 15) is 0 Å². The Labute approximate surface area is 116 Å². The number of rotatable bonds is 5. The Morgan fingerprint density at radius 2 is 2.00 bits per heavy atom. The quantitative estimate of drug-likeness (QED) is 0.882. The van der Waals surface area contributed by atoms with Crippen LogP contribution in [-0.4, -0.2) is 18.6 Å². The lowest BCUT2D eigenvalue weighted by molar-refractivity contribution is 0.207. The van der Waals surface area contributed by atoms with Crippen molar-refractivity contribution in [1.82, 2.24) is 10.3 Å². The van der Waals surface area contributed by atoms with Crippen LogP contribution in [0, 0.1) is 12.3 Å².